The number of carbonyl (C=O) groups excluding carboxylic acids is 2. The lowest BCUT2D eigenvalue weighted by Gasteiger charge is -2.34. The minimum Gasteiger partial charge on any atom is -0.323 e. The van der Waals surface area contributed by atoms with Gasteiger partial charge in [-0.05, 0) is 45.1 Å². The molecule has 20 heavy (non-hydrogen) atoms. The van der Waals surface area contributed by atoms with Crippen molar-refractivity contribution in [2.75, 3.05) is 36.9 Å². The first-order valence-corrected chi connectivity index (χ1v) is 7.04. The van der Waals surface area contributed by atoms with Crippen molar-refractivity contribution in [1.82, 2.24) is 4.90 Å². The molecule has 1 saturated heterocycles. The summed E-state index contributed by atoms with van der Waals surface area (Å²) in [6, 6.07) is 7.48. The minimum atomic E-state index is -0.120. The van der Waals surface area contributed by atoms with Gasteiger partial charge in [0.1, 0.15) is 6.54 Å². The molecule has 1 aromatic rings. The van der Waals surface area contributed by atoms with Crippen molar-refractivity contribution < 1.29 is 9.59 Å². The predicted molar refractivity (Wildman–Crippen MR) is 77.6 cm³/mol. The van der Waals surface area contributed by atoms with Gasteiger partial charge in [-0.2, -0.15) is 0 Å². The highest BCUT2D eigenvalue weighted by molar-refractivity contribution is 6.10. The van der Waals surface area contributed by atoms with Crippen LogP contribution in [-0.4, -0.2) is 43.4 Å². The lowest BCUT2D eigenvalue weighted by atomic mass is 9.95. The first-order chi connectivity index (χ1) is 9.65. The molecule has 3 rings (SSSR count). The van der Waals surface area contributed by atoms with Gasteiger partial charge >= 0.3 is 0 Å². The van der Waals surface area contributed by atoms with Crippen molar-refractivity contribution in [1.29, 1.82) is 0 Å². The molecule has 0 spiro atoms. The zero-order valence-corrected chi connectivity index (χ0v) is 11.6. The van der Waals surface area contributed by atoms with Crippen molar-refractivity contribution in [3.8, 4) is 0 Å². The van der Waals surface area contributed by atoms with Crippen LogP contribution in [0.1, 0.15) is 12.8 Å². The standard InChI is InChI=1S/C15H19N3O2/c1-17-8-6-11(7-9-17)15(20)18-10-14(19)16-12-4-2-3-5-13(12)18/h2-5,11H,6-10H2,1H3,(H,16,19). The Balaban J connectivity index is 1.83. The molecule has 106 valence electrons. The van der Waals surface area contributed by atoms with Gasteiger partial charge in [-0.3, -0.25) is 9.59 Å². The number of anilines is 2. The average molecular weight is 273 g/mol. The Morgan fingerprint density at radius 2 is 1.95 bits per heavy atom. The van der Waals surface area contributed by atoms with Gasteiger partial charge in [0.2, 0.25) is 11.8 Å². The summed E-state index contributed by atoms with van der Waals surface area (Å²) in [5, 5.41) is 2.81. The summed E-state index contributed by atoms with van der Waals surface area (Å²) in [4.78, 5) is 28.3. The Kier molecular flexibility index (Phi) is 3.44. The third kappa shape index (κ3) is 2.41. The Bertz CT molecular complexity index is 536. The van der Waals surface area contributed by atoms with Crippen LogP contribution < -0.4 is 10.2 Å². The molecule has 2 amide bonds. The number of hydrogen-bond acceptors (Lipinski definition) is 3. The van der Waals surface area contributed by atoms with E-state index in [9.17, 15) is 9.59 Å². The number of para-hydroxylation sites is 2. The van der Waals surface area contributed by atoms with Gasteiger partial charge in [0.05, 0.1) is 11.4 Å². The van der Waals surface area contributed by atoms with E-state index in [1.165, 1.54) is 0 Å². The van der Waals surface area contributed by atoms with Crippen molar-refractivity contribution in [2.45, 2.75) is 12.8 Å². The highest BCUT2D eigenvalue weighted by Crippen LogP contribution is 2.31. The summed E-state index contributed by atoms with van der Waals surface area (Å²) >= 11 is 0. The summed E-state index contributed by atoms with van der Waals surface area (Å²) in [7, 11) is 2.07. The van der Waals surface area contributed by atoms with Crippen LogP contribution >= 0.6 is 0 Å². The van der Waals surface area contributed by atoms with Crippen LogP contribution in [0, 0.1) is 5.92 Å². The van der Waals surface area contributed by atoms with Crippen LogP contribution in [0.25, 0.3) is 0 Å². The van der Waals surface area contributed by atoms with E-state index in [0.29, 0.717) is 0 Å². The van der Waals surface area contributed by atoms with Gasteiger partial charge in [-0.25, -0.2) is 0 Å². The molecule has 5 heteroatoms. The Morgan fingerprint density at radius 1 is 1.25 bits per heavy atom. The van der Waals surface area contributed by atoms with Crippen molar-refractivity contribution in [3.05, 3.63) is 24.3 Å². The van der Waals surface area contributed by atoms with E-state index in [0.717, 1.165) is 37.3 Å². The number of benzene rings is 1. The second-order valence-electron chi connectivity index (χ2n) is 5.57. The molecule has 1 N–H and O–H groups in total. The Morgan fingerprint density at radius 3 is 2.70 bits per heavy atom. The van der Waals surface area contributed by atoms with E-state index in [4.69, 9.17) is 0 Å². The number of rotatable bonds is 1. The van der Waals surface area contributed by atoms with Gasteiger partial charge < -0.3 is 15.1 Å². The molecule has 0 unspecified atom stereocenters. The first-order valence-electron chi connectivity index (χ1n) is 7.04. The monoisotopic (exact) mass is 273 g/mol. The summed E-state index contributed by atoms with van der Waals surface area (Å²) in [6.07, 6.45) is 1.74. The number of hydrogen-bond donors (Lipinski definition) is 1. The number of carbonyl (C=O) groups is 2. The molecule has 0 saturated carbocycles. The molecule has 2 aliphatic rings. The van der Waals surface area contributed by atoms with Crippen LogP contribution in [0.2, 0.25) is 0 Å². The molecule has 0 atom stereocenters. The molecule has 0 bridgehead atoms. The second-order valence-corrected chi connectivity index (χ2v) is 5.57. The zero-order valence-electron chi connectivity index (χ0n) is 11.6. The molecule has 2 aliphatic heterocycles. The number of nitrogens with one attached hydrogen (secondary N) is 1. The lowest BCUT2D eigenvalue weighted by Crippen LogP contribution is -2.47. The van der Waals surface area contributed by atoms with Gasteiger partial charge in [0, 0.05) is 5.92 Å². The number of fused-ring (bicyclic) bond motifs is 1. The van der Waals surface area contributed by atoms with Crippen molar-refractivity contribution >= 4 is 23.2 Å². The van der Waals surface area contributed by atoms with Crippen LogP contribution in [0.3, 0.4) is 0 Å². The molecular weight excluding hydrogens is 254 g/mol. The normalized spacial score (nSPS) is 20.4. The third-order valence-electron chi connectivity index (χ3n) is 4.10. The highest BCUT2D eigenvalue weighted by Gasteiger charge is 2.32. The maximum atomic E-state index is 12.7. The molecular formula is C15H19N3O2. The molecule has 1 fully saturated rings. The van der Waals surface area contributed by atoms with E-state index in [1.54, 1.807) is 4.90 Å². The van der Waals surface area contributed by atoms with Gasteiger partial charge in [-0.15, -0.1) is 0 Å². The molecule has 2 heterocycles. The number of piperidine rings is 1. The van der Waals surface area contributed by atoms with Gasteiger partial charge in [0.15, 0.2) is 0 Å². The van der Waals surface area contributed by atoms with Gasteiger partial charge in [0.25, 0.3) is 0 Å². The quantitative estimate of drug-likeness (QED) is 0.839. The number of amides is 2. The number of likely N-dealkylation sites (tertiary alicyclic amines) is 1. The zero-order chi connectivity index (χ0) is 14.1. The van der Waals surface area contributed by atoms with Crippen molar-refractivity contribution in [3.63, 3.8) is 0 Å². The first kappa shape index (κ1) is 13.1. The minimum absolute atomic E-state index is 0.0326. The van der Waals surface area contributed by atoms with Crippen LogP contribution in [0.4, 0.5) is 11.4 Å². The van der Waals surface area contributed by atoms with E-state index in [2.05, 4.69) is 17.3 Å². The fraction of sp³-hybridized carbons (Fsp3) is 0.467. The Hall–Kier alpha value is -1.88. The van der Waals surface area contributed by atoms with E-state index < -0.39 is 0 Å². The fourth-order valence-corrected chi connectivity index (χ4v) is 2.91. The largest absolute Gasteiger partial charge is 0.323 e. The summed E-state index contributed by atoms with van der Waals surface area (Å²) in [5.41, 5.74) is 1.54. The maximum absolute atomic E-state index is 12.7. The van der Waals surface area contributed by atoms with E-state index >= 15 is 0 Å². The van der Waals surface area contributed by atoms with E-state index in [1.807, 2.05) is 24.3 Å². The molecule has 0 aliphatic carbocycles. The highest BCUT2D eigenvalue weighted by atomic mass is 16.2. The maximum Gasteiger partial charge on any atom is 0.244 e. The molecule has 0 aromatic heterocycles. The van der Waals surface area contributed by atoms with Crippen LogP contribution in [0.15, 0.2) is 24.3 Å². The fourth-order valence-electron chi connectivity index (χ4n) is 2.91. The van der Waals surface area contributed by atoms with Crippen molar-refractivity contribution in [2.24, 2.45) is 5.92 Å². The average Bonchev–Trinajstić information content (AvgIpc) is 2.46. The SMILES string of the molecule is CN1CCC(C(=O)N2CC(=O)Nc3ccccc32)CC1. The van der Waals surface area contributed by atoms with Crippen LogP contribution in [-0.2, 0) is 9.59 Å². The summed E-state index contributed by atoms with van der Waals surface area (Å²) < 4.78 is 0. The summed E-state index contributed by atoms with van der Waals surface area (Å²) in [5.74, 6) is -0.00414. The molecule has 1 aromatic carbocycles. The van der Waals surface area contributed by atoms with E-state index in [-0.39, 0.29) is 24.3 Å². The topological polar surface area (TPSA) is 52.7 Å². The summed E-state index contributed by atoms with van der Waals surface area (Å²) in [6.45, 7) is 2.01. The third-order valence-corrected chi connectivity index (χ3v) is 4.10. The smallest absolute Gasteiger partial charge is 0.244 e. The molecule has 5 nitrogen and oxygen atoms in total. The predicted octanol–water partition coefficient (Wildman–Crippen LogP) is 1.31. The lowest BCUT2D eigenvalue weighted by molar-refractivity contribution is -0.125. The number of nitrogens with zero attached hydrogens (tertiary/aromatic N) is 2. The van der Waals surface area contributed by atoms with Crippen LogP contribution in [0.5, 0.6) is 0 Å². The van der Waals surface area contributed by atoms with Gasteiger partial charge in [-0.1, -0.05) is 12.1 Å². The molecule has 0 radical (unpaired) electrons. The second kappa shape index (κ2) is 5.25. The Labute approximate surface area is 118 Å².